The lowest BCUT2D eigenvalue weighted by Gasteiger charge is -2.15. The molecule has 2 atom stereocenters. The maximum atomic E-state index is 11.9. The first kappa shape index (κ1) is 16.7. The molecule has 1 aromatic carbocycles. The van der Waals surface area contributed by atoms with Crippen LogP contribution in [0.15, 0.2) is 30.3 Å². The van der Waals surface area contributed by atoms with Gasteiger partial charge in [-0.25, -0.2) is 0 Å². The molecule has 0 bridgehead atoms. The predicted molar refractivity (Wildman–Crippen MR) is 84.6 cm³/mol. The maximum absolute atomic E-state index is 11.9. The van der Waals surface area contributed by atoms with E-state index in [0.29, 0.717) is 31.3 Å². The molecule has 0 aliphatic heterocycles. The summed E-state index contributed by atoms with van der Waals surface area (Å²) in [5, 5.41) is 3.03. The Hall–Kier alpha value is -1.35. The Kier molecular flexibility index (Phi) is 7.97. The zero-order chi connectivity index (χ0) is 14.8. The average Bonchev–Trinajstić information content (AvgIpc) is 2.49. The van der Waals surface area contributed by atoms with Crippen LogP contribution in [0.1, 0.15) is 51.0 Å². The van der Waals surface area contributed by atoms with Gasteiger partial charge in [0.25, 0.3) is 0 Å². The van der Waals surface area contributed by atoms with Gasteiger partial charge in [0.05, 0.1) is 0 Å². The minimum absolute atomic E-state index is 0.156. The van der Waals surface area contributed by atoms with E-state index in [1.165, 1.54) is 5.56 Å². The van der Waals surface area contributed by atoms with E-state index >= 15 is 0 Å². The molecule has 0 radical (unpaired) electrons. The van der Waals surface area contributed by atoms with Crippen LogP contribution >= 0.6 is 0 Å². The van der Waals surface area contributed by atoms with Gasteiger partial charge in [0.2, 0.25) is 5.91 Å². The van der Waals surface area contributed by atoms with Gasteiger partial charge in [-0.2, -0.15) is 0 Å². The number of carbonyl (C=O) groups excluding carboxylic acids is 1. The van der Waals surface area contributed by atoms with Crippen LogP contribution in [0.4, 0.5) is 0 Å². The lowest BCUT2D eigenvalue weighted by atomic mass is 9.96. The number of hydrogen-bond donors (Lipinski definition) is 2. The van der Waals surface area contributed by atoms with E-state index in [1.54, 1.807) is 0 Å². The standard InChI is InChI=1S/C17H28N2O/c1-3-15(11-12-18)9-10-17(20)19-13-14(2)16-7-5-4-6-8-16/h4-8,14-15H,3,9-13,18H2,1-2H3,(H,19,20). The van der Waals surface area contributed by atoms with Crippen LogP contribution in [-0.4, -0.2) is 19.0 Å². The summed E-state index contributed by atoms with van der Waals surface area (Å²) in [5.41, 5.74) is 6.84. The molecule has 2 unspecified atom stereocenters. The van der Waals surface area contributed by atoms with E-state index in [-0.39, 0.29) is 5.91 Å². The second-order valence-corrected chi connectivity index (χ2v) is 5.51. The Labute approximate surface area is 122 Å². The minimum Gasteiger partial charge on any atom is -0.356 e. The van der Waals surface area contributed by atoms with E-state index in [0.717, 1.165) is 19.3 Å². The molecule has 0 saturated heterocycles. The number of benzene rings is 1. The smallest absolute Gasteiger partial charge is 0.220 e. The van der Waals surface area contributed by atoms with Crippen LogP contribution < -0.4 is 11.1 Å². The van der Waals surface area contributed by atoms with Crippen molar-refractivity contribution in [2.24, 2.45) is 11.7 Å². The molecule has 0 aliphatic carbocycles. The second kappa shape index (κ2) is 9.54. The number of nitrogens with one attached hydrogen (secondary N) is 1. The monoisotopic (exact) mass is 276 g/mol. The van der Waals surface area contributed by atoms with Crippen molar-refractivity contribution in [2.45, 2.75) is 45.4 Å². The Morgan fingerprint density at radius 3 is 2.55 bits per heavy atom. The molecule has 1 amide bonds. The van der Waals surface area contributed by atoms with Crippen molar-refractivity contribution < 1.29 is 4.79 Å². The van der Waals surface area contributed by atoms with Crippen molar-refractivity contribution in [1.29, 1.82) is 0 Å². The first-order chi connectivity index (χ1) is 9.67. The Bertz CT molecular complexity index is 378. The molecule has 112 valence electrons. The molecular weight excluding hydrogens is 248 g/mol. The molecule has 0 heterocycles. The molecule has 3 nitrogen and oxygen atoms in total. The summed E-state index contributed by atoms with van der Waals surface area (Å²) in [5.74, 6) is 1.09. The molecule has 0 aliphatic rings. The van der Waals surface area contributed by atoms with Crippen LogP contribution in [-0.2, 0) is 4.79 Å². The van der Waals surface area contributed by atoms with Crippen LogP contribution in [0.2, 0.25) is 0 Å². The molecule has 1 rings (SSSR count). The highest BCUT2D eigenvalue weighted by atomic mass is 16.1. The highest BCUT2D eigenvalue weighted by molar-refractivity contribution is 5.75. The maximum Gasteiger partial charge on any atom is 0.220 e. The molecule has 0 spiro atoms. The van der Waals surface area contributed by atoms with Crippen LogP contribution in [0, 0.1) is 5.92 Å². The summed E-state index contributed by atoms with van der Waals surface area (Å²) in [6, 6.07) is 10.3. The van der Waals surface area contributed by atoms with Gasteiger partial charge < -0.3 is 11.1 Å². The molecule has 20 heavy (non-hydrogen) atoms. The average molecular weight is 276 g/mol. The number of hydrogen-bond acceptors (Lipinski definition) is 2. The van der Waals surface area contributed by atoms with Gasteiger partial charge in [-0.1, -0.05) is 50.6 Å². The predicted octanol–water partition coefficient (Wildman–Crippen LogP) is 3.06. The van der Waals surface area contributed by atoms with Gasteiger partial charge in [0.15, 0.2) is 0 Å². The van der Waals surface area contributed by atoms with Crippen molar-refractivity contribution in [2.75, 3.05) is 13.1 Å². The van der Waals surface area contributed by atoms with Gasteiger partial charge in [-0.05, 0) is 36.8 Å². The fraction of sp³-hybridized carbons (Fsp3) is 0.588. The second-order valence-electron chi connectivity index (χ2n) is 5.51. The quantitative estimate of drug-likeness (QED) is 0.728. The van der Waals surface area contributed by atoms with Gasteiger partial charge in [0, 0.05) is 13.0 Å². The lowest BCUT2D eigenvalue weighted by Crippen LogP contribution is -2.27. The van der Waals surface area contributed by atoms with E-state index in [2.05, 4.69) is 31.3 Å². The molecule has 0 fully saturated rings. The Morgan fingerprint density at radius 2 is 1.95 bits per heavy atom. The largest absolute Gasteiger partial charge is 0.356 e. The minimum atomic E-state index is 0.156. The molecule has 0 saturated carbocycles. The molecule has 1 aromatic rings. The third kappa shape index (κ3) is 6.20. The van der Waals surface area contributed by atoms with Crippen molar-refractivity contribution in [1.82, 2.24) is 5.32 Å². The van der Waals surface area contributed by atoms with Crippen LogP contribution in [0.25, 0.3) is 0 Å². The van der Waals surface area contributed by atoms with E-state index in [1.807, 2.05) is 18.2 Å². The first-order valence-corrected chi connectivity index (χ1v) is 7.69. The summed E-state index contributed by atoms with van der Waals surface area (Å²) in [4.78, 5) is 11.9. The van der Waals surface area contributed by atoms with Crippen molar-refractivity contribution in [3.63, 3.8) is 0 Å². The third-order valence-electron chi connectivity index (χ3n) is 3.91. The fourth-order valence-corrected chi connectivity index (χ4v) is 2.38. The molecular formula is C17H28N2O. The van der Waals surface area contributed by atoms with Gasteiger partial charge in [0.1, 0.15) is 0 Å². The van der Waals surface area contributed by atoms with E-state index in [4.69, 9.17) is 5.73 Å². The summed E-state index contributed by atoms with van der Waals surface area (Å²) < 4.78 is 0. The van der Waals surface area contributed by atoms with E-state index in [9.17, 15) is 4.79 Å². The first-order valence-electron chi connectivity index (χ1n) is 7.69. The number of rotatable bonds is 9. The van der Waals surface area contributed by atoms with Gasteiger partial charge in [-0.15, -0.1) is 0 Å². The third-order valence-corrected chi connectivity index (χ3v) is 3.91. The fourth-order valence-electron chi connectivity index (χ4n) is 2.38. The summed E-state index contributed by atoms with van der Waals surface area (Å²) >= 11 is 0. The highest BCUT2D eigenvalue weighted by Gasteiger charge is 2.10. The van der Waals surface area contributed by atoms with Crippen LogP contribution in [0.3, 0.4) is 0 Å². The number of amides is 1. The van der Waals surface area contributed by atoms with Crippen LogP contribution in [0.5, 0.6) is 0 Å². The molecule has 0 aromatic heterocycles. The lowest BCUT2D eigenvalue weighted by molar-refractivity contribution is -0.121. The number of carbonyl (C=O) groups is 1. The summed E-state index contributed by atoms with van der Waals surface area (Å²) in [6.45, 7) is 5.72. The van der Waals surface area contributed by atoms with E-state index < -0.39 is 0 Å². The van der Waals surface area contributed by atoms with Crippen molar-refractivity contribution in [3.05, 3.63) is 35.9 Å². The summed E-state index contributed by atoms with van der Waals surface area (Å²) in [6.07, 6.45) is 3.67. The van der Waals surface area contributed by atoms with Gasteiger partial charge in [-0.3, -0.25) is 4.79 Å². The zero-order valence-corrected chi connectivity index (χ0v) is 12.8. The normalized spacial score (nSPS) is 13.8. The molecule has 3 heteroatoms. The van der Waals surface area contributed by atoms with Crippen molar-refractivity contribution in [3.8, 4) is 0 Å². The SMILES string of the molecule is CCC(CCN)CCC(=O)NCC(C)c1ccccc1. The zero-order valence-electron chi connectivity index (χ0n) is 12.8. The molecule has 3 N–H and O–H groups in total. The highest BCUT2D eigenvalue weighted by Crippen LogP contribution is 2.15. The summed E-state index contributed by atoms with van der Waals surface area (Å²) in [7, 11) is 0. The topological polar surface area (TPSA) is 55.1 Å². The Morgan fingerprint density at radius 1 is 1.25 bits per heavy atom. The van der Waals surface area contributed by atoms with Gasteiger partial charge >= 0.3 is 0 Å². The Balaban J connectivity index is 2.26. The number of nitrogens with two attached hydrogens (primary N) is 1. The van der Waals surface area contributed by atoms with Crippen molar-refractivity contribution >= 4 is 5.91 Å².